The lowest BCUT2D eigenvalue weighted by atomic mass is 9.90. The molecule has 15 N–H and O–H groups in total. The molecule has 0 aromatic heterocycles. The molecular weight excluding hydrogens is 1390 g/mol. The van der Waals surface area contributed by atoms with Crippen molar-refractivity contribution in [1.29, 1.82) is 0 Å². The number of aromatic carboxylic acids is 1. The van der Waals surface area contributed by atoms with E-state index in [0.29, 0.717) is 67.1 Å². The zero-order chi connectivity index (χ0) is 76.9. The summed E-state index contributed by atoms with van der Waals surface area (Å²) in [5, 5.41) is 78.7. The molecular formula is C70H90N12O22S. The Bertz CT molecular complexity index is 3980. The predicted molar refractivity (Wildman–Crippen MR) is 378 cm³/mol. The Kier molecular flexibility index (Phi) is 29.5. The van der Waals surface area contributed by atoms with E-state index >= 15 is 0 Å². The summed E-state index contributed by atoms with van der Waals surface area (Å²) < 4.78 is 5.94. The molecule has 0 saturated carbocycles. The Morgan fingerprint density at radius 2 is 1.21 bits per heavy atom. The molecule has 34 nitrogen and oxygen atoms in total. The maximum Gasteiger partial charge on any atom is 0.336 e. The van der Waals surface area contributed by atoms with Gasteiger partial charge in [-0.25, -0.2) is 4.79 Å². The van der Waals surface area contributed by atoms with Crippen LogP contribution < -0.4 is 48.4 Å². The number of phenolic OH excluding ortho intramolecular Hbond substituents is 1. The molecule has 10 amide bonds. The molecule has 4 aliphatic heterocycles. The van der Waals surface area contributed by atoms with Crippen molar-refractivity contribution in [3.05, 3.63) is 70.4 Å². The van der Waals surface area contributed by atoms with Gasteiger partial charge in [0.2, 0.25) is 59.1 Å². The molecule has 9 atom stereocenters. The molecule has 0 bridgehead atoms. The second kappa shape index (κ2) is 38.1. The fraction of sp³-hybridized carbons (Fsp3) is 0.514. The van der Waals surface area contributed by atoms with Gasteiger partial charge in [0.15, 0.2) is 10.5 Å². The number of likely N-dealkylation sites (tertiary alicyclic amines) is 3. The quantitative estimate of drug-likeness (QED) is 0.0172. The van der Waals surface area contributed by atoms with Crippen molar-refractivity contribution >= 4 is 117 Å². The predicted octanol–water partition coefficient (Wildman–Crippen LogP) is 1.32. The van der Waals surface area contributed by atoms with E-state index < -0.39 is 177 Å². The van der Waals surface area contributed by atoms with Gasteiger partial charge in [-0.2, -0.15) is 0 Å². The SMILES string of the molecule is CCCCCN(CC(=O)N1CCC[C@@H]1C(=O)N[C@H](CCC(=O)O)C(=O)N[C@H](CCC(=O)O)C(N)=O)C(=O)[C@@H](C)NC(=O)[C@H](NC(=O)[C@H]1CCCN1C(=O)[C@@H](CCC(=O)O)NC(=O)[C@H]1CCCN1C(=O)CCCCNC(=S)Nc1ccc(C(=O)O)c(-c2c3ccc(=O)cc-3oc3cc(O)ccc23)c1)[C@@H](C)O. The van der Waals surface area contributed by atoms with E-state index in [1.807, 2.05) is 6.92 Å². The molecule has 35 heteroatoms. The van der Waals surface area contributed by atoms with Gasteiger partial charge in [-0.3, -0.25) is 67.1 Å². The zero-order valence-corrected chi connectivity index (χ0v) is 59.2. The Balaban J connectivity index is 0.922. The van der Waals surface area contributed by atoms with E-state index in [9.17, 15) is 97.5 Å². The van der Waals surface area contributed by atoms with E-state index in [2.05, 4.69) is 37.2 Å². The number of nitrogens with two attached hydrogens (primary N) is 1. The van der Waals surface area contributed by atoms with Crippen molar-refractivity contribution in [2.75, 3.05) is 44.6 Å². The standard InChI is InChI=1S/C70H90N12O22S/c1-4-5-8-29-79(36-55(87)81-31-10-13-50(81)63(96)76-47(23-26-57(90)91)62(95)75-46(61(71)94)22-25-56(88)89)67(100)37(2)73-66(99)60(38(3)83)78-65(98)51-14-11-32-82(51)68(101)48(24-27-58(92)93)77-64(97)49-12-9-30-80(49)54(86)15-6-7-28-72-70(105)74-39-16-19-42(69(102)103)45(33-39)59-43-20-17-40(84)34-52(43)104-53-35-41(85)18-21-44(53)59/h16-21,33-35,37-38,46-51,60,83-84H,4-15,22-32,36H2,1-3H3,(H2,71,94)(H,73,99)(H,75,95)(H,76,96)(H,77,97)(H,78,98)(H,88,89)(H,90,91)(H,92,93)(H,102,103)(H2,72,74,105)/t37-,38-,46-,47-,48-,49-,50-,51-,60-/m1/s1. The lowest BCUT2D eigenvalue weighted by molar-refractivity contribution is -0.146. The summed E-state index contributed by atoms with van der Waals surface area (Å²) in [5.41, 5.74) is 6.70. The van der Waals surface area contributed by atoms with E-state index in [-0.39, 0.29) is 109 Å². The molecule has 0 unspecified atom stereocenters. The van der Waals surface area contributed by atoms with E-state index in [1.165, 1.54) is 71.0 Å². The van der Waals surface area contributed by atoms with Crippen molar-refractivity contribution in [1.82, 2.24) is 51.5 Å². The second-order valence-corrected chi connectivity index (χ2v) is 26.6. The molecule has 2 aromatic rings. The van der Waals surface area contributed by atoms with Crippen molar-refractivity contribution in [3.8, 4) is 28.2 Å². The van der Waals surface area contributed by atoms with Crippen LogP contribution in [0.2, 0.25) is 0 Å². The van der Waals surface area contributed by atoms with Crippen LogP contribution in [0.3, 0.4) is 0 Å². The first-order chi connectivity index (χ1) is 49.9. The van der Waals surface area contributed by atoms with Crippen molar-refractivity contribution in [2.45, 2.75) is 191 Å². The molecule has 5 aliphatic rings. The summed E-state index contributed by atoms with van der Waals surface area (Å²) in [6.07, 6.45) is -0.807. The monoisotopic (exact) mass is 1480 g/mol. The lowest BCUT2D eigenvalue weighted by Crippen LogP contribution is -2.60. The Labute approximate surface area is 607 Å². The van der Waals surface area contributed by atoms with Crippen LogP contribution in [0.1, 0.15) is 147 Å². The minimum atomic E-state index is -1.74. The number of aromatic hydroxyl groups is 1. The number of aliphatic hydroxyl groups excluding tert-OH is 1. The number of aliphatic carboxylic acids is 3. The number of rotatable bonds is 37. The number of nitrogens with zero attached hydrogens (tertiary/aromatic N) is 4. The third-order valence-corrected chi connectivity index (χ3v) is 18.7. The van der Waals surface area contributed by atoms with Crippen molar-refractivity contribution in [3.63, 3.8) is 0 Å². The van der Waals surface area contributed by atoms with E-state index in [1.54, 1.807) is 12.1 Å². The van der Waals surface area contributed by atoms with Crippen LogP contribution in [0.15, 0.2) is 63.8 Å². The Morgan fingerprint density at radius 1 is 0.629 bits per heavy atom. The first-order valence-electron chi connectivity index (χ1n) is 34.8. The third-order valence-electron chi connectivity index (χ3n) is 18.5. The van der Waals surface area contributed by atoms with Crippen molar-refractivity contribution < 1.29 is 102 Å². The smallest absolute Gasteiger partial charge is 0.336 e. The molecule has 1 aliphatic carbocycles. The number of primary amides is 1. The largest absolute Gasteiger partial charge is 0.508 e. The molecule has 568 valence electrons. The molecule has 3 saturated heterocycles. The number of unbranched alkanes of at least 4 members (excludes halogenated alkanes) is 3. The Morgan fingerprint density at radius 3 is 1.81 bits per heavy atom. The van der Waals surface area contributed by atoms with Gasteiger partial charge in [0.25, 0.3) is 0 Å². The van der Waals surface area contributed by atoms with E-state index in [4.69, 9.17) is 27.5 Å². The average molecular weight is 1480 g/mol. The number of amides is 10. The number of aliphatic hydroxyl groups is 1. The molecule has 3 fully saturated rings. The van der Waals surface area contributed by atoms with Crippen LogP contribution in [0.25, 0.3) is 33.4 Å². The summed E-state index contributed by atoms with van der Waals surface area (Å²) in [6.45, 7) is 4.29. The van der Waals surface area contributed by atoms with Gasteiger partial charge in [0.1, 0.15) is 65.4 Å². The average Bonchev–Trinajstić information content (AvgIpc) is 0.989. The van der Waals surface area contributed by atoms with Gasteiger partial charge in [0.05, 0.1) is 18.2 Å². The number of thiocarbonyl (C=S) groups is 1. The summed E-state index contributed by atoms with van der Waals surface area (Å²) in [5.74, 6) is -13.4. The molecule has 2 aromatic carbocycles. The van der Waals surface area contributed by atoms with Gasteiger partial charge >= 0.3 is 23.9 Å². The number of hydrogen-bond donors (Lipinski definition) is 14. The number of carboxylic acids is 4. The number of anilines is 1. The van der Waals surface area contributed by atoms with Crippen LogP contribution in [0.4, 0.5) is 5.69 Å². The van der Waals surface area contributed by atoms with Crippen LogP contribution in [0.5, 0.6) is 5.75 Å². The maximum absolute atomic E-state index is 14.5. The van der Waals surface area contributed by atoms with Gasteiger partial charge in [0, 0.05) is 92.7 Å². The number of benzene rings is 3. The topological polar surface area (TPSA) is 514 Å². The first-order valence-corrected chi connectivity index (χ1v) is 35.2. The number of nitrogens with one attached hydrogen (secondary N) is 7. The fourth-order valence-corrected chi connectivity index (χ4v) is 13.3. The lowest BCUT2D eigenvalue weighted by Gasteiger charge is -2.32. The van der Waals surface area contributed by atoms with Crippen LogP contribution in [0, 0.1) is 0 Å². The maximum atomic E-state index is 14.5. The third kappa shape index (κ3) is 22.3. The van der Waals surface area contributed by atoms with E-state index in [0.717, 1.165) is 4.90 Å². The highest BCUT2D eigenvalue weighted by Crippen LogP contribution is 2.43. The summed E-state index contributed by atoms with van der Waals surface area (Å²) in [4.78, 5) is 203. The second-order valence-electron chi connectivity index (χ2n) is 26.2. The zero-order valence-electron chi connectivity index (χ0n) is 58.4. The number of phenols is 1. The molecule has 4 heterocycles. The van der Waals surface area contributed by atoms with Crippen LogP contribution in [-0.2, 0) is 62.3 Å². The number of hydrogen-bond acceptors (Lipinski definition) is 19. The van der Waals surface area contributed by atoms with Crippen LogP contribution >= 0.6 is 12.2 Å². The fourth-order valence-electron chi connectivity index (χ4n) is 13.1. The highest BCUT2D eigenvalue weighted by atomic mass is 32.1. The van der Waals surface area contributed by atoms with Gasteiger partial charge in [-0.05, 0) is 151 Å². The number of carbonyl (C=O) groups excluding carboxylic acids is 10. The minimum absolute atomic E-state index is 0.00310. The minimum Gasteiger partial charge on any atom is -0.508 e. The highest BCUT2D eigenvalue weighted by Gasteiger charge is 2.43. The normalized spacial score (nSPS) is 17.3. The Hall–Kier alpha value is -10.8. The first kappa shape index (κ1) is 81.5. The molecule has 0 radical (unpaired) electrons. The van der Waals surface area contributed by atoms with Gasteiger partial charge in [-0.15, -0.1) is 0 Å². The van der Waals surface area contributed by atoms with Gasteiger partial charge < -0.3 is 97.6 Å². The summed E-state index contributed by atoms with van der Waals surface area (Å²) in [6, 6.07) is 1.78. The van der Waals surface area contributed by atoms with Crippen LogP contribution in [-0.4, -0.2) is 232 Å². The summed E-state index contributed by atoms with van der Waals surface area (Å²) >= 11 is 5.58. The highest BCUT2D eigenvalue weighted by molar-refractivity contribution is 7.80. The summed E-state index contributed by atoms with van der Waals surface area (Å²) in [7, 11) is 0. The van der Waals surface area contributed by atoms with Crippen molar-refractivity contribution in [2.24, 2.45) is 5.73 Å². The number of carbonyl (C=O) groups is 14. The number of carboxylic acid groups (broad SMARTS) is 4. The number of fused-ring (bicyclic) bond motifs is 2. The molecule has 105 heavy (non-hydrogen) atoms. The molecule has 7 rings (SSSR count). The molecule has 0 spiro atoms. The van der Waals surface area contributed by atoms with Gasteiger partial charge in [-0.1, -0.05) is 19.8 Å².